The maximum atomic E-state index is 11.8. The highest BCUT2D eigenvalue weighted by Crippen LogP contribution is 2.31. The van der Waals surface area contributed by atoms with Gasteiger partial charge in [0.1, 0.15) is 5.82 Å². The molecule has 0 bridgehead atoms. The average molecular weight is 481 g/mol. The minimum atomic E-state index is 0.0775. The SMILES string of the molecule is CNC(=O)CN1CCC[C@H](c2cc(C)c(Cc3ncc(Cl)c(Cc4cc(C)[nH]n4)n3)cc2C)C1. The number of hydrogen-bond acceptors (Lipinski definition) is 5. The van der Waals surface area contributed by atoms with E-state index in [1.54, 1.807) is 13.2 Å². The average Bonchev–Trinajstić information content (AvgIpc) is 3.22. The Balaban J connectivity index is 1.50. The molecular weight excluding hydrogens is 448 g/mol. The van der Waals surface area contributed by atoms with Gasteiger partial charge < -0.3 is 5.32 Å². The summed E-state index contributed by atoms with van der Waals surface area (Å²) in [5, 5.41) is 10.6. The van der Waals surface area contributed by atoms with E-state index < -0.39 is 0 Å². The molecule has 0 aliphatic carbocycles. The Kier molecular flexibility index (Phi) is 7.63. The van der Waals surface area contributed by atoms with Crippen LogP contribution in [0, 0.1) is 20.8 Å². The van der Waals surface area contributed by atoms with Crippen molar-refractivity contribution in [1.29, 1.82) is 0 Å². The fraction of sp³-hybridized carbons (Fsp3) is 0.462. The van der Waals surface area contributed by atoms with Crippen LogP contribution in [0.3, 0.4) is 0 Å². The van der Waals surface area contributed by atoms with Crippen LogP contribution in [0.1, 0.15) is 63.9 Å². The third-order valence-corrected chi connectivity index (χ3v) is 6.95. The highest BCUT2D eigenvalue weighted by molar-refractivity contribution is 6.31. The Morgan fingerprint density at radius 3 is 2.76 bits per heavy atom. The molecule has 1 saturated heterocycles. The van der Waals surface area contributed by atoms with Crippen LogP contribution in [0.4, 0.5) is 0 Å². The second-order valence-corrected chi connectivity index (χ2v) is 9.77. The lowest BCUT2D eigenvalue weighted by molar-refractivity contribution is -0.122. The summed E-state index contributed by atoms with van der Waals surface area (Å²) in [6.07, 6.45) is 5.19. The molecule has 2 aromatic heterocycles. The van der Waals surface area contributed by atoms with Gasteiger partial charge in [0.2, 0.25) is 5.91 Å². The lowest BCUT2D eigenvalue weighted by Gasteiger charge is -2.33. The lowest BCUT2D eigenvalue weighted by atomic mass is 9.85. The number of aryl methyl sites for hydroxylation is 3. The van der Waals surface area contributed by atoms with Crippen molar-refractivity contribution < 1.29 is 4.79 Å². The van der Waals surface area contributed by atoms with E-state index in [1.807, 2.05) is 13.0 Å². The summed E-state index contributed by atoms with van der Waals surface area (Å²) < 4.78 is 0. The second kappa shape index (κ2) is 10.7. The third-order valence-electron chi connectivity index (χ3n) is 6.64. The van der Waals surface area contributed by atoms with E-state index >= 15 is 0 Å². The number of piperidine rings is 1. The van der Waals surface area contributed by atoms with Crippen molar-refractivity contribution in [2.45, 2.75) is 52.4 Å². The number of nitrogens with zero attached hydrogens (tertiary/aromatic N) is 4. The third kappa shape index (κ3) is 5.83. The van der Waals surface area contributed by atoms with E-state index in [4.69, 9.17) is 16.6 Å². The zero-order valence-electron chi connectivity index (χ0n) is 20.4. The van der Waals surface area contributed by atoms with Crippen LogP contribution < -0.4 is 5.32 Å². The lowest BCUT2D eigenvalue weighted by Crippen LogP contribution is -2.41. The molecular formula is C26H33ClN6O. The van der Waals surface area contributed by atoms with Gasteiger partial charge in [-0.3, -0.25) is 14.8 Å². The van der Waals surface area contributed by atoms with Gasteiger partial charge >= 0.3 is 0 Å². The van der Waals surface area contributed by atoms with E-state index in [2.05, 4.69) is 51.4 Å². The smallest absolute Gasteiger partial charge is 0.233 e. The van der Waals surface area contributed by atoms with E-state index in [0.29, 0.717) is 30.3 Å². The molecule has 1 fully saturated rings. The minimum Gasteiger partial charge on any atom is -0.358 e. The summed E-state index contributed by atoms with van der Waals surface area (Å²) in [6.45, 7) is 8.69. The molecule has 2 N–H and O–H groups in total. The number of amides is 1. The molecule has 0 unspecified atom stereocenters. The Morgan fingerprint density at radius 1 is 1.21 bits per heavy atom. The first-order chi connectivity index (χ1) is 16.3. The monoisotopic (exact) mass is 480 g/mol. The number of carbonyl (C=O) groups is 1. The molecule has 1 aromatic carbocycles. The van der Waals surface area contributed by atoms with Gasteiger partial charge in [0.15, 0.2) is 0 Å². The van der Waals surface area contributed by atoms with Crippen molar-refractivity contribution in [3.63, 3.8) is 0 Å². The van der Waals surface area contributed by atoms with Crippen molar-refractivity contribution in [2.24, 2.45) is 0 Å². The van der Waals surface area contributed by atoms with Gasteiger partial charge in [-0.1, -0.05) is 23.7 Å². The largest absolute Gasteiger partial charge is 0.358 e. The molecule has 1 aliphatic heterocycles. The van der Waals surface area contributed by atoms with Crippen LogP contribution in [-0.4, -0.2) is 57.7 Å². The number of likely N-dealkylation sites (N-methyl/N-ethyl adjacent to an activating group) is 1. The van der Waals surface area contributed by atoms with Crippen LogP contribution in [0.5, 0.6) is 0 Å². The fourth-order valence-electron chi connectivity index (χ4n) is 4.82. The number of hydrogen-bond donors (Lipinski definition) is 2. The fourth-order valence-corrected chi connectivity index (χ4v) is 4.98. The van der Waals surface area contributed by atoms with E-state index in [0.717, 1.165) is 48.8 Å². The number of aromatic amines is 1. The summed E-state index contributed by atoms with van der Waals surface area (Å²) in [7, 11) is 1.70. The van der Waals surface area contributed by atoms with Crippen molar-refractivity contribution in [2.75, 3.05) is 26.7 Å². The maximum Gasteiger partial charge on any atom is 0.233 e. The highest BCUT2D eigenvalue weighted by atomic mass is 35.5. The topological polar surface area (TPSA) is 86.8 Å². The van der Waals surface area contributed by atoms with Gasteiger partial charge in [-0.2, -0.15) is 5.10 Å². The Bertz CT molecular complexity index is 1170. The molecule has 1 atom stereocenters. The number of nitrogens with one attached hydrogen (secondary N) is 2. The second-order valence-electron chi connectivity index (χ2n) is 9.36. The van der Waals surface area contributed by atoms with Gasteiger partial charge in [-0.15, -0.1) is 0 Å². The highest BCUT2D eigenvalue weighted by Gasteiger charge is 2.24. The molecule has 34 heavy (non-hydrogen) atoms. The van der Waals surface area contributed by atoms with Crippen LogP contribution >= 0.6 is 11.6 Å². The van der Waals surface area contributed by atoms with Gasteiger partial charge in [-0.25, -0.2) is 9.97 Å². The minimum absolute atomic E-state index is 0.0775. The Hall–Kier alpha value is -2.77. The molecule has 4 rings (SSSR count). The molecule has 0 saturated carbocycles. The standard InChI is InChI=1S/C26H33ClN6O/c1-16-9-22(19-6-5-7-33(14-19)15-26(34)28-4)17(2)8-20(16)11-25-29-13-23(27)24(30-25)12-21-10-18(3)31-32-21/h8-10,13,19H,5-7,11-12,14-15H2,1-4H3,(H,28,34)(H,31,32)/t19-/m0/s1. The van der Waals surface area contributed by atoms with Gasteiger partial charge in [0.25, 0.3) is 0 Å². The van der Waals surface area contributed by atoms with Crippen LogP contribution in [0.15, 0.2) is 24.4 Å². The van der Waals surface area contributed by atoms with Crippen LogP contribution in [0.25, 0.3) is 0 Å². The quantitative estimate of drug-likeness (QED) is 0.535. The number of H-pyrrole nitrogens is 1. The zero-order chi connectivity index (χ0) is 24.2. The molecule has 180 valence electrons. The number of carbonyl (C=O) groups excluding carboxylic acids is 1. The number of likely N-dealkylation sites (tertiary alicyclic amines) is 1. The molecule has 0 spiro atoms. The van der Waals surface area contributed by atoms with Crippen LogP contribution in [0.2, 0.25) is 5.02 Å². The molecule has 8 heteroatoms. The summed E-state index contributed by atoms with van der Waals surface area (Å²) in [5.74, 6) is 1.28. The summed E-state index contributed by atoms with van der Waals surface area (Å²) >= 11 is 6.38. The number of rotatable bonds is 7. The first kappa shape index (κ1) is 24.4. The predicted octanol–water partition coefficient (Wildman–Crippen LogP) is 3.89. The number of halogens is 1. The molecule has 0 radical (unpaired) electrons. The van der Waals surface area contributed by atoms with Gasteiger partial charge in [0.05, 0.1) is 23.0 Å². The van der Waals surface area contributed by atoms with E-state index in [9.17, 15) is 4.79 Å². The first-order valence-electron chi connectivity index (χ1n) is 11.9. The predicted molar refractivity (Wildman–Crippen MR) is 134 cm³/mol. The normalized spacial score (nSPS) is 16.6. The zero-order valence-corrected chi connectivity index (χ0v) is 21.2. The molecule has 1 aliphatic rings. The molecule has 3 aromatic rings. The number of aromatic nitrogens is 4. The van der Waals surface area contributed by atoms with Crippen molar-refractivity contribution in [3.05, 3.63) is 74.6 Å². The van der Waals surface area contributed by atoms with Crippen LogP contribution in [-0.2, 0) is 17.6 Å². The summed E-state index contributed by atoms with van der Waals surface area (Å²) in [5.41, 5.74) is 7.86. The van der Waals surface area contributed by atoms with E-state index in [1.165, 1.54) is 22.3 Å². The summed E-state index contributed by atoms with van der Waals surface area (Å²) in [4.78, 5) is 23.3. The van der Waals surface area contributed by atoms with Crippen molar-refractivity contribution >= 4 is 17.5 Å². The van der Waals surface area contributed by atoms with Gasteiger partial charge in [0, 0.05) is 38.3 Å². The molecule has 3 heterocycles. The summed E-state index contributed by atoms with van der Waals surface area (Å²) in [6, 6.07) is 6.60. The van der Waals surface area contributed by atoms with E-state index in [-0.39, 0.29) is 5.91 Å². The first-order valence-corrected chi connectivity index (χ1v) is 12.2. The molecule has 1 amide bonds. The number of benzene rings is 1. The molecule has 7 nitrogen and oxygen atoms in total. The Labute approximate surface area is 206 Å². The van der Waals surface area contributed by atoms with Crippen molar-refractivity contribution in [3.8, 4) is 0 Å². The maximum absolute atomic E-state index is 11.8. The van der Waals surface area contributed by atoms with Gasteiger partial charge in [-0.05, 0) is 74.4 Å². The van der Waals surface area contributed by atoms with Crippen molar-refractivity contribution in [1.82, 2.24) is 30.4 Å². The Morgan fingerprint density at radius 2 is 2.03 bits per heavy atom.